The Bertz CT molecular complexity index is 719. The van der Waals surface area contributed by atoms with Crippen LogP contribution in [0.4, 0.5) is 11.4 Å². The van der Waals surface area contributed by atoms with Crippen LogP contribution in [0.2, 0.25) is 5.02 Å². The van der Waals surface area contributed by atoms with E-state index in [1.807, 2.05) is 37.3 Å². The number of amides is 2. The fraction of sp³-hybridized carbons (Fsp3) is 0.222. The Labute approximate surface area is 146 Å². The van der Waals surface area contributed by atoms with Crippen LogP contribution in [0.1, 0.15) is 13.3 Å². The first-order valence-corrected chi connectivity index (χ1v) is 7.91. The Morgan fingerprint density at radius 3 is 2.50 bits per heavy atom. The summed E-state index contributed by atoms with van der Waals surface area (Å²) in [5.74, 6) is -0.215. The number of methoxy groups -OCH3 is 1. The molecule has 0 aliphatic heterocycles. The number of halogens is 1. The summed E-state index contributed by atoms with van der Waals surface area (Å²) in [5.41, 5.74) is 1.20. The predicted molar refractivity (Wildman–Crippen MR) is 95.7 cm³/mol. The highest BCUT2D eigenvalue weighted by molar-refractivity contribution is 6.31. The van der Waals surface area contributed by atoms with Crippen LogP contribution in [-0.4, -0.2) is 25.5 Å². The van der Waals surface area contributed by atoms with Gasteiger partial charge in [-0.25, -0.2) is 0 Å². The van der Waals surface area contributed by atoms with Gasteiger partial charge in [-0.3, -0.25) is 9.59 Å². The van der Waals surface area contributed by atoms with Crippen LogP contribution in [0, 0.1) is 0 Å². The van der Waals surface area contributed by atoms with Gasteiger partial charge in [-0.15, -0.1) is 0 Å². The van der Waals surface area contributed by atoms with E-state index < -0.39 is 5.91 Å². The van der Waals surface area contributed by atoms with Crippen LogP contribution in [0.25, 0.3) is 0 Å². The van der Waals surface area contributed by atoms with Crippen molar-refractivity contribution in [3.8, 4) is 5.75 Å². The molecule has 0 bridgehead atoms. The summed E-state index contributed by atoms with van der Waals surface area (Å²) in [5, 5.41) is 3.14. The second-order valence-electron chi connectivity index (χ2n) is 5.04. The first-order chi connectivity index (χ1) is 11.5. The van der Waals surface area contributed by atoms with Crippen molar-refractivity contribution in [2.75, 3.05) is 23.9 Å². The molecule has 126 valence electrons. The highest BCUT2D eigenvalue weighted by atomic mass is 35.5. The summed E-state index contributed by atoms with van der Waals surface area (Å²) in [6, 6.07) is 14.1. The molecule has 0 aliphatic carbocycles. The third-order valence-electron chi connectivity index (χ3n) is 3.43. The summed E-state index contributed by atoms with van der Waals surface area (Å²) >= 11 is 5.93. The van der Waals surface area contributed by atoms with Crippen LogP contribution in [0.5, 0.6) is 5.75 Å². The van der Waals surface area contributed by atoms with E-state index in [9.17, 15) is 9.59 Å². The molecular formula is C18H19ClN2O3. The molecule has 0 atom stereocenters. The van der Waals surface area contributed by atoms with Crippen LogP contribution < -0.4 is 15.0 Å². The van der Waals surface area contributed by atoms with E-state index in [0.717, 1.165) is 5.69 Å². The molecular weight excluding hydrogens is 328 g/mol. The lowest BCUT2D eigenvalue weighted by Crippen LogP contribution is -2.33. The predicted octanol–water partition coefficient (Wildman–Crippen LogP) is 3.73. The zero-order chi connectivity index (χ0) is 17.5. The monoisotopic (exact) mass is 346 g/mol. The molecule has 24 heavy (non-hydrogen) atoms. The first kappa shape index (κ1) is 17.8. The topological polar surface area (TPSA) is 58.6 Å². The number of hydrogen-bond acceptors (Lipinski definition) is 3. The summed E-state index contributed by atoms with van der Waals surface area (Å²) in [6.07, 6.45) is -0.265. The molecule has 2 amide bonds. The molecule has 0 radical (unpaired) electrons. The molecule has 0 saturated heterocycles. The van der Waals surface area contributed by atoms with Gasteiger partial charge in [0.1, 0.15) is 12.2 Å². The lowest BCUT2D eigenvalue weighted by atomic mass is 10.2. The lowest BCUT2D eigenvalue weighted by molar-refractivity contribution is -0.125. The molecule has 0 spiro atoms. The van der Waals surface area contributed by atoms with Gasteiger partial charge in [0.2, 0.25) is 11.8 Å². The Morgan fingerprint density at radius 1 is 1.17 bits per heavy atom. The zero-order valence-electron chi connectivity index (χ0n) is 13.6. The van der Waals surface area contributed by atoms with E-state index in [1.54, 1.807) is 23.1 Å². The third-order valence-corrected chi connectivity index (χ3v) is 3.67. The molecule has 0 unspecified atom stereocenters. The summed E-state index contributed by atoms with van der Waals surface area (Å²) < 4.78 is 5.18. The van der Waals surface area contributed by atoms with Crippen LogP contribution in [-0.2, 0) is 9.59 Å². The summed E-state index contributed by atoms with van der Waals surface area (Å²) in [7, 11) is 1.50. The van der Waals surface area contributed by atoms with Crippen LogP contribution >= 0.6 is 11.6 Å². The maximum atomic E-state index is 12.4. The van der Waals surface area contributed by atoms with Gasteiger partial charge in [-0.2, -0.15) is 0 Å². The standard InChI is InChI=1S/C18H19ClN2O3/c1-3-21(14-7-5-4-6-8-14)18(23)12-17(22)20-15-11-13(19)9-10-16(15)24-2/h4-11H,3,12H2,1-2H3,(H,20,22). The second-order valence-corrected chi connectivity index (χ2v) is 5.48. The second kappa shape index (κ2) is 8.36. The van der Waals surface area contributed by atoms with Gasteiger partial charge in [-0.05, 0) is 37.3 Å². The minimum atomic E-state index is -0.421. The maximum Gasteiger partial charge on any atom is 0.236 e. The van der Waals surface area contributed by atoms with E-state index in [-0.39, 0.29) is 12.3 Å². The zero-order valence-corrected chi connectivity index (χ0v) is 14.3. The fourth-order valence-corrected chi connectivity index (χ4v) is 2.49. The molecule has 5 nitrogen and oxygen atoms in total. The lowest BCUT2D eigenvalue weighted by Gasteiger charge is -2.21. The van der Waals surface area contributed by atoms with Crippen molar-refractivity contribution in [3.63, 3.8) is 0 Å². The van der Waals surface area contributed by atoms with Crippen molar-refractivity contribution >= 4 is 34.8 Å². The van der Waals surface area contributed by atoms with Crippen molar-refractivity contribution < 1.29 is 14.3 Å². The number of nitrogens with zero attached hydrogens (tertiary/aromatic N) is 1. The number of rotatable bonds is 6. The number of carbonyl (C=O) groups excluding carboxylic acids is 2. The fourth-order valence-electron chi connectivity index (χ4n) is 2.32. The minimum Gasteiger partial charge on any atom is -0.495 e. The van der Waals surface area contributed by atoms with E-state index in [0.29, 0.717) is 23.0 Å². The van der Waals surface area contributed by atoms with E-state index >= 15 is 0 Å². The third kappa shape index (κ3) is 4.49. The van der Waals surface area contributed by atoms with Crippen molar-refractivity contribution in [2.24, 2.45) is 0 Å². The van der Waals surface area contributed by atoms with Crippen LogP contribution in [0.3, 0.4) is 0 Å². The average Bonchev–Trinajstić information content (AvgIpc) is 2.56. The van der Waals surface area contributed by atoms with E-state index in [1.165, 1.54) is 7.11 Å². The molecule has 2 rings (SSSR count). The Morgan fingerprint density at radius 2 is 1.88 bits per heavy atom. The molecule has 2 aromatic carbocycles. The Balaban J connectivity index is 2.06. The van der Waals surface area contributed by atoms with Gasteiger partial charge in [0.25, 0.3) is 0 Å². The highest BCUT2D eigenvalue weighted by Gasteiger charge is 2.18. The molecule has 0 heterocycles. The summed E-state index contributed by atoms with van der Waals surface area (Å²) in [6.45, 7) is 2.35. The van der Waals surface area contributed by atoms with Crippen molar-refractivity contribution in [3.05, 3.63) is 53.6 Å². The van der Waals surface area contributed by atoms with Gasteiger partial charge in [0.05, 0.1) is 12.8 Å². The van der Waals surface area contributed by atoms with Gasteiger partial charge < -0.3 is 15.0 Å². The van der Waals surface area contributed by atoms with Gasteiger partial charge >= 0.3 is 0 Å². The quantitative estimate of drug-likeness (QED) is 0.811. The number of anilines is 2. The smallest absolute Gasteiger partial charge is 0.236 e. The number of nitrogens with one attached hydrogen (secondary N) is 1. The first-order valence-electron chi connectivity index (χ1n) is 7.54. The number of ether oxygens (including phenoxy) is 1. The Kier molecular flexibility index (Phi) is 6.21. The minimum absolute atomic E-state index is 0.265. The normalized spacial score (nSPS) is 10.1. The molecule has 0 aliphatic rings. The molecule has 2 aromatic rings. The molecule has 6 heteroatoms. The number of hydrogen-bond donors (Lipinski definition) is 1. The van der Waals surface area contributed by atoms with E-state index in [4.69, 9.17) is 16.3 Å². The van der Waals surface area contributed by atoms with Crippen molar-refractivity contribution in [2.45, 2.75) is 13.3 Å². The number of para-hydroxylation sites is 1. The van der Waals surface area contributed by atoms with E-state index in [2.05, 4.69) is 5.32 Å². The Hall–Kier alpha value is -2.53. The van der Waals surface area contributed by atoms with Crippen molar-refractivity contribution in [1.82, 2.24) is 0 Å². The molecule has 0 fully saturated rings. The summed E-state index contributed by atoms with van der Waals surface area (Å²) in [4.78, 5) is 26.2. The maximum absolute atomic E-state index is 12.4. The highest BCUT2D eigenvalue weighted by Crippen LogP contribution is 2.27. The van der Waals surface area contributed by atoms with Crippen LogP contribution in [0.15, 0.2) is 48.5 Å². The number of carbonyl (C=O) groups is 2. The average molecular weight is 347 g/mol. The molecule has 1 N–H and O–H groups in total. The SMILES string of the molecule is CCN(C(=O)CC(=O)Nc1cc(Cl)ccc1OC)c1ccccc1. The molecule has 0 saturated carbocycles. The largest absolute Gasteiger partial charge is 0.495 e. The van der Waals surface area contributed by atoms with Gasteiger partial charge in [0, 0.05) is 17.3 Å². The molecule has 0 aromatic heterocycles. The number of benzene rings is 2. The van der Waals surface area contributed by atoms with Gasteiger partial charge in [0.15, 0.2) is 0 Å². The van der Waals surface area contributed by atoms with Gasteiger partial charge in [-0.1, -0.05) is 29.8 Å². The van der Waals surface area contributed by atoms with Crippen molar-refractivity contribution in [1.29, 1.82) is 0 Å².